The fourth-order valence-corrected chi connectivity index (χ4v) is 3.78. The highest BCUT2D eigenvalue weighted by Gasteiger charge is 2.20. The number of rotatable bonds is 11. The van der Waals surface area contributed by atoms with E-state index in [0.717, 1.165) is 28.3 Å². The van der Waals surface area contributed by atoms with E-state index in [1.165, 1.54) is 6.21 Å². The molecule has 178 valence electrons. The first-order chi connectivity index (χ1) is 16.3. The normalized spacial score (nSPS) is 11.2. The van der Waals surface area contributed by atoms with Crippen LogP contribution in [0.5, 0.6) is 17.2 Å². The van der Waals surface area contributed by atoms with Crippen LogP contribution >= 0.6 is 0 Å². The van der Waals surface area contributed by atoms with Gasteiger partial charge in [-0.1, -0.05) is 25.1 Å². The van der Waals surface area contributed by atoms with Gasteiger partial charge in [-0.25, -0.2) is 13.8 Å². The molecule has 3 aromatic carbocycles. The molecule has 0 spiro atoms. The average Bonchev–Trinajstić information content (AvgIpc) is 2.83. The molecule has 0 aliphatic rings. The highest BCUT2D eigenvalue weighted by Crippen LogP contribution is 2.25. The van der Waals surface area contributed by atoms with Gasteiger partial charge >= 0.3 is 0 Å². The SMILES string of the molecule is CCCOc1ccc(/C=N\NC(=O)CN(c2ccc(Oc3ccccc3)cc2)S(C)(=O)=O)cc1. The summed E-state index contributed by atoms with van der Waals surface area (Å²) in [5.41, 5.74) is 3.46. The highest BCUT2D eigenvalue weighted by molar-refractivity contribution is 7.92. The molecule has 1 amide bonds. The van der Waals surface area contributed by atoms with E-state index in [0.29, 0.717) is 23.8 Å². The highest BCUT2D eigenvalue weighted by atomic mass is 32.2. The minimum absolute atomic E-state index is 0.338. The number of hydrogen-bond donors (Lipinski definition) is 1. The maximum absolute atomic E-state index is 12.4. The van der Waals surface area contributed by atoms with E-state index in [2.05, 4.69) is 10.5 Å². The average molecular weight is 482 g/mol. The van der Waals surface area contributed by atoms with E-state index < -0.39 is 22.5 Å². The Morgan fingerprint density at radius 1 is 0.941 bits per heavy atom. The summed E-state index contributed by atoms with van der Waals surface area (Å²) in [4.78, 5) is 12.4. The van der Waals surface area contributed by atoms with Crippen molar-refractivity contribution in [3.05, 3.63) is 84.4 Å². The van der Waals surface area contributed by atoms with Crippen LogP contribution in [-0.4, -0.2) is 39.9 Å². The molecular weight excluding hydrogens is 454 g/mol. The number of nitrogens with zero attached hydrogens (tertiary/aromatic N) is 2. The van der Waals surface area contributed by atoms with Crippen LogP contribution in [0.2, 0.25) is 0 Å². The zero-order valence-corrected chi connectivity index (χ0v) is 19.9. The van der Waals surface area contributed by atoms with Crippen LogP contribution in [-0.2, 0) is 14.8 Å². The van der Waals surface area contributed by atoms with Crippen molar-refractivity contribution < 1.29 is 22.7 Å². The zero-order chi connectivity index (χ0) is 24.4. The standard InChI is InChI=1S/C25H27N3O5S/c1-3-17-32-22-13-9-20(10-14-22)18-26-27-25(29)19-28(34(2,30)31)21-11-15-24(16-12-21)33-23-7-5-4-6-8-23/h4-16,18H,3,17,19H2,1-2H3,(H,27,29)/b26-18-. The summed E-state index contributed by atoms with van der Waals surface area (Å²) < 4.78 is 36.9. The molecule has 0 atom stereocenters. The van der Waals surface area contributed by atoms with Gasteiger partial charge in [0.15, 0.2) is 0 Å². The molecule has 0 radical (unpaired) electrons. The van der Waals surface area contributed by atoms with E-state index in [1.807, 2.05) is 61.5 Å². The van der Waals surface area contributed by atoms with Gasteiger partial charge in [-0.3, -0.25) is 9.10 Å². The van der Waals surface area contributed by atoms with Gasteiger partial charge in [-0.2, -0.15) is 5.10 Å². The number of carbonyl (C=O) groups excluding carboxylic acids is 1. The summed E-state index contributed by atoms with van der Waals surface area (Å²) in [5.74, 6) is 1.39. The van der Waals surface area contributed by atoms with Crippen molar-refractivity contribution >= 4 is 27.8 Å². The third kappa shape index (κ3) is 7.63. The van der Waals surface area contributed by atoms with Crippen molar-refractivity contribution in [1.82, 2.24) is 5.43 Å². The minimum Gasteiger partial charge on any atom is -0.494 e. The number of hydrazone groups is 1. The van der Waals surface area contributed by atoms with Gasteiger partial charge in [0.1, 0.15) is 23.8 Å². The van der Waals surface area contributed by atoms with Crippen LogP contribution < -0.4 is 19.2 Å². The van der Waals surface area contributed by atoms with E-state index in [1.54, 1.807) is 24.3 Å². The Kier molecular flexibility index (Phi) is 8.64. The number of para-hydroxylation sites is 1. The molecule has 0 bridgehead atoms. The number of nitrogens with one attached hydrogen (secondary N) is 1. The Labute approximate surface area is 199 Å². The second kappa shape index (κ2) is 11.9. The summed E-state index contributed by atoms with van der Waals surface area (Å²) in [7, 11) is -3.71. The Morgan fingerprint density at radius 2 is 1.56 bits per heavy atom. The Balaban J connectivity index is 1.60. The van der Waals surface area contributed by atoms with E-state index in [9.17, 15) is 13.2 Å². The monoisotopic (exact) mass is 481 g/mol. The zero-order valence-electron chi connectivity index (χ0n) is 19.0. The molecule has 0 fully saturated rings. The van der Waals surface area contributed by atoms with Crippen LogP contribution in [0, 0.1) is 0 Å². The predicted molar refractivity (Wildman–Crippen MR) is 133 cm³/mol. The second-order valence-corrected chi connectivity index (χ2v) is 9.30. The Hall–Kier alpha value is -3.85. The van der Waals surface area contributed by atoms with Crippen molar-refractivity contribution in [2.75, 3.05) is 23.7 Å². The fraction of sp³-hybridized carbons (Fsp3) is 0.200. The molecule has 0 heterocycles. The molecule has 0 unspecified atom stereocenters. The largest absolute Gasteiger partial charge is 0.494 e. The van der Waals surface area contributed by atoms with Gasteiger partial charge in [0.2, 0.25) is 10.0 Å². The molecule has 8 nitrogen and oxygen atoms in total. The molecule has 0 aliphatic heterocycles. The van der Waals surface area contributed by atoms with Crippen molar-refractivity contribution in [3.8, 4) is 17.2 Å². The molecule has 9 heteroatoms. The molecule has 3 rings (SSSR count). The summed E-state index contributed by atoms with van der Waals surface area (Å²) >= 11 is 0. The number of sulfonamides is 1. The van der Waals surface area contributed by atoms with Crippen LogP contribution in [0.3, 0.4) is 0 Å². The number of hydrogen-bond acceptors (Lipinski definition) is 6. The molecular formula is C25H27N3O5S. The summed E-state index contributed by atoms with van der Waals surface area (Å²) in [5, 5.41) is 3.92. The van der Waals surface area contributed by atoms with Gasteiger partial charge < -0.3 is 9.47 Å². The van der Waals surface area contributed by atoms with Crippen LogP contribution in [0.15, 0.2) is 84.0 Å². The van der Waals surface area contributed by atoms with Crippen LogP contribution in [0.1, 0.15) is 18.9 Å². The lowest BCUT2D eigenvalue weighted by atomic mass is 10.2. The van der Waals surface area contributed by atoms with E-state index in [-0.39, 0.29) is 0 Å². The first-order valence-corrected chi connectivity index (χ1v) is 12.6. The number of benzene rings is 3. The van der Waals surface area contributed by atoms with Crippen molar-refractivity contribution in [2.24, 2.45) is 5.10 Å². The van der Waals surface area contributed by atoms with Crippen molar-refractivity contribution in [3.63, 3.8) is 0 Å². The predicted octanol–water partition coefficient (Wildman–Crippen LogP) is 4.18. The lowest BCUT2D eigenvalue weighted by Gasteiger charge is -2.21. The summed E-state index contributed by atoms with van der Waals surface area (Å²) in [6.45, 7) is 2.26. The van der Waals surface area contributed by atoms with Gasteiger partial charge in [-0.15, -0.1) is 0 Å². The van der Waals surface area contributed by atoms with E-state index >= 15 is 0 Å². The summed E-state index contributed by atoms with van der Waals surface area (Å²) in [6.07, 6.45) is 3.44. The first-order valence-electron chi connectivity index (χ1n) is 10.7. The lowest BCUT2D eigenvalue weighted by Crippen LogP contribution is -2.38. The molecule has 0 saturated heterocycles. The smallest absolute Gasteiger partial charge is 0.260 e. The van der Waals surface area contributed by atoms with E-state index in [4.69, 9.17) is 9.47 Å². The molecule has 0 aromatic heterocycles. The maximum Gasteiger partial charge on any atom is 0.260 e. The Morgan fingerprint density at radius 3 is 2.18 bits per heavy atom. The number of anilines is 1. The number of amides is 1. The van der Waals surface area contributed by atoms with Gasteiger partial charge in [0, 0.05) is 0 Å². The second-order valence-electron chi connectivity index (χ2n) is 7.39. The van der Waals surface area contributed by atoms with Gasteiger partial charge in [0.05, 0.1) is 24.8 Å². The number of ether oxygens (including phenoxy) is 2. The Bertz CT molecular complexity index is 1200. The lowest BCUT2D eigenvalue weighted by molar-refractivity contribution is -0.119. The molecule has 3 aromatic rings. The molecule has 34 heavy (non-hydrogen) atoms. The topological polar surface area (TPSA) is 97.3 Å². The van der Waals surface area contributed by atoms with Crippen molar-refractivity contribution in [2.45, 2.75) is 13.3 Å². The first kappa shape index (κ1) is 24.8. The molecule has 0 aliphatic carbocycles. The van der Waals surface area contributed by atoms with Crippen molar-refractivity contribution in [1.29, 1.82) is 0 Å². The van der Waals surface area contributed by atoms with Crippen LogP contribution in [0.4, 0.5) is 5.69 Å². The van der Waals surface area contributed by atoms with Crippen LogP contribution in [0.25, 0.3) is 0 Å². The van der Waals surface area contributed by atoms with Gasteiger partial charge in [-0.05, 0) is 72.6 Å². The van der Waals surface area contributed by atoms with Gasteiger partial charge in [0.25, 0.3) is 5.91 Å². The maximum atomic E-state index is 12.4. The molecule has 1 N–H and O–H groups in total. The third-order valence-electron chi connectivity index (χ3n) is 4.55. The fourth-order valence-electron chi connectivity index (χ4n) is 2.92. The minimum atomic E-state index is -3.71. The summed E-state index contributed by atoms with van der Waals surface area (Å²) in [6, 6.07) is 22.9. The third-order valence-corrected chi connectivity index (χ3v) is 5.69. The molecule has 0 saturated carbocycles. The quantitative estimate of drug-likeness (QED) is 0.327. The number of carbonyl (C=O) groups is 1.